The molecule has 0 bridgehead atoms. The molecular formula is C53H44F6. The van der Waals surface area contributed by atoms with E-state index in [0.29, 0.717) is 23.1 Å². The van der Waals surface area contributed by atoms with Crippen molar-refractivity contribution in [3.8, 4) is 22.3 Å². The molecule has 8 rings (SSSR count). The second-order valence-corrected chi connectivity index (χ2v) is 17.5. The van der Waals surface area contributed by atoms with Gasteiger partial charge in [0.15, 0.2) is 0 Å². The summed E-state index contributed by atoms with van der Waals surface area (Å²) in [5, 5.41) is 3.65. The molecule has 0 saturated heterocycles. The average molecular weight is 795 g/mol. The van der Waals surface area contributed by atoms with Crippen molar-refractivity contribution in [3.05, 3.63) is 205 Å². The number of hydrogen-bond donors (Lipinski definition) is 0. The van der Waals surface area contributed by atoms with E-state index in [1.807, 2.05) is 36.4 Å². The molecular weight excluding hydrogens is 751 g/mol. The van der Waals surface area contributed by atoms with E-state index in [4.69, 9.17) is 0 Å². The van der Waals surface area contributed by atoms with Gasteiger partial charge in [0.05, 0.1) is 11.1 Å². The van der Waals surface area contributed by atoms with Crippen LogP contribution in [0, 0.1) is 10.4 Å². The van der Waals surface area contributed by atoms with E-state index in [0.717, 1.165) is 95.2 Å². The van der Waals surface area contributed by atoms with E-state index in [1.54, 1.807) is 0 Å². The number of benzene rings is 6. The van der Waals surface area contributed by atoms with E-state index >= 15 is 0 Å². The Morgan fingerprint density at radius 2 is 1.08 bits per heavy atom. The maximum absolute atomic E-state index is 14.1. The van der Waals surface area contributed by atoms with Crippen molar-refractivity contribution >= 4 is 17.2 Å². The largest absolute Gasteiger partial charge is 0.416 e. The number of alkyl halides is 6. The fourth-order valence-corrected chi connectivity index (χ4v) is 8.75. The molecule has 0 aliphatic heterocycles. The SMILES string of the molecule is CC(C)(C)c1cc2c(cc1-c1ccccc1)=Cc1c(C3=CC=CC3)c(-c3ccccc3)c(C(C)(C)C)c(=C(c3ccc(C(F)(F)F)cc3)c3ccc(C(F)(F)F)cc3)c1=2. The lowest BCUT2D eigenvalue weighted by atomic mass is 9.73. The number of fused-ring (bicyclic) bond motifs is 2. The van der Waals surface area contributed by atoms with Crippen molar-refractivity contribution < 1.29 is 26.3 Å². The first kappa shape index (κ1) is 39.9. The molecule has 0 N–H and O–H groups in total. The maximum Gasteiger partial charge on any atom is 0.416 e. The van der Waals surface area contributed by atoms with Gasteiger partial charge in [-0.05, 0) is 147 Å². The molecule has 0 heterocycles. The van der Waals surface area contributed by atoms with Crippen LogP contribution in [-0.4, -0.2) is 0 Å². The number of rotatable bonds is 5. The standard InChI is InChI=1S/C53H44F6/c1-50(2,3)43-31-41-37(29-40(43)32-15-9-7-10-16-32)30-42-45(33-19-13-14-20-33)46(34-17-11-8-12-18-34)49(51(4,5)6)48(47(41)42)44(35-21-25-38(26-22-35)52(54,55)56)36-23-27-39(28-24-36)53(57,58)59/h7-19,21-31H,20H2,1-6H3. The molecule has 6 aromatic carbocycles. The first-order valence-electron chi connectivity index (χ1n) is 19.8. The highest BCUT2D eigenvalue weighted by Crippen LogP contribution is 2.44. The van der Waals surface area contributed by atoms with Gasteiger partial charge in [-0.3, -0.25) is 0 Å². The molecule has 0 aromatic heterocycles. The highest BCUT2D eigenvalue weighted by atomic mass is 19.4. The Morgan fingerprint density at radius 1 is 0.559 bits per heavy atom. The molecule has 0 unspecified atom stereocenters. The number of halogens is 6. The summed E-state index contributed by atoms with van der Waals surface area (Å²) >= 11 is 0. The van der Waals surface area contributed by atoms with Crippen LogP contribution in [0.2, 0.25) is 0 Å². The van der Waals surface area contributed by atoms with Crippen LogP contribution >= 0.6 is 0 Å². The molecule has 0 amide bonds. The predicted octanol–water partition coefficient (Wildman–Crippen LogP) is 13.7. The van der Waals surface area contributed by atoms with Crippen LogP contribution in [0.5, 0.6) is 0 Å². The van der Waals surface area contributed by atoms with Crippen molar-refractivity contribution in [1.82, 2.24) is 0 Å². The molecule has 0 saturated carbocycles. The van der Waals surface area contributed by atoms with Gasteiger partial charge in [-0.2, -0.15) is 26.3 Å². The summed E-state index contributed by atoms with van der Waals surface area (Å²) in [6.45, 7) is 12.9. The predicted molar refractivity (Wildman–Crippen MR) is 228 cm³/mol. The van der Waals surface area contributed by atoms with Crippen molar-refractivity contribution in [2.24, 2.45) is 0 Å². The van der Waals surface area contributed by atoms with Crippen LogP contribution in [0.4, 0.5) is 26.3 Å². The lowest BCUT2D eigenvalue weighted by Gasteiger charge is -2.30. The second-order valence-electron chi connectivity index (χ2n) is 17.5. The first-order chi connectivity index (χ1) is 27.8. The van der Waals surface area contributed by atoms with Gasteiger partial charge in [0.25, 0.3) is 0 Å². The molecule has 0 radical (unpaired) electrons. The van der Waals surface area contributed by atoms with Gasteiger partial charge in [0.1, 0.15) is 0 Å². The minimum Gasteiger partial charge on any atom is -0.166 e. The van der Waals surface area contributed by atoms with Gasteiger partial charge < -0.3 is 0 Å². The molecule has 0 spiro atoms. The fourth-order valence-electron chi connectivity index (χ4n) is 8.75. The maximum atomic E-state index is 14.1. The quantitative estimate of drug-likeness (QED) is 0.152. The summed E-state index contributed by atoms with van der Waals surface area (Å²) in [4.78, 5) is 0. The minimum atomic E-state index is -4.58. The van der Waals surface area contributed by atoms with Crippen molar-refractivity contribution in [1.29, 1.82) is 0 Å². The van der Waals surface area contributed by atoms with Crippen LogP contribution in [-0.2, 0) is 23.2 Å². The summed E-state index contributed by atoms with van der Waals surface area (Å²) in [6.07, 6.45) is 0.130. The van der Waals surface area contributed by atoms with E-state index in [1.165, 1.54) is 24.3 Å². The average Bonchev–Trinajstić information content (AvgIpc) is 3.85. The Balaban J connectivity index is 1.71. The summed E-state index contributed by atoms with van der Waals surface area (Å²) < 4.78 is 84.5. The highest BCUT2D eigenvalue weighted by Gasteiger charge is 2.34. The van der Waals surface area contributed by atoms with E-state index in [-0.39, 0.29) is 5.41 Å². The summed E-state index contributed by atoms with van der Waals surface area (Å²) in [6, 6.07) is 34.9. The van der Waals surface area contributed by atoms with Gasteiger partial charge >= 0.3 is 12.4 Å². The Bertz CT molecular complexity index is 2820. The molecule has 0 atom stereocenters. The Kier molecular flexibility index (Phi) is 9.77. The van der Waals surface area contributed by atoms with E-state index in [9.17, 15) is 26.3 Å². The summed E-state index contributed by atoms with van der Waals surface area (Å²) in [7, 11) is 0. The Morgan fingerprint density at radius 3 is 1.54 bits per heavy atom. The van der Waals surface area contributed by atoms with Gasteiger partial charge in [0, 0.05) is 0 Å². The van der Waals surface area contributed by atoms with Gasteiger partial charge in [-0.15, -0.1) is 0 Å². The van der Waals surface area contributed by atoms with Gasteiger partial charge in [-0.25, -0.2) is 0 Å². The number of allylic oxidation sites excluding steroid dienone is 4. The highest BCUT2D eigenvalue weighted by molar-refractivity contribution is 5.94. The molecule has 298 valence electrons. The molecule has 2 aliphatic carbocycles. The van der Waals surface area contributed by atoms with Crippen molar-refractivity contribution in [2.45, 2.75) is 71.1 Å². The molecule has 2 aliphatic rings. The minimum absolute atomic E-state index is 0.298. The van der Waals surface area contributed by atoms with Crippen molar-refractivity contribution in [2.75, 3.05) is 0 Å². The third-order valence-electron chi connectivity index (χ3n) is 11.3. The molecule has 0 fully saturated rings. The third kappa shape index (κ3) is 7.39. The molecule has 6 aromatic rings. The number of hydrogen-bond acceptors (Lipinski definition) is 0. The van der Waals surface area contributed by atoms with Gasteiger partial charge in [-0.1, -0.05) is 145 Å². The van der Waals surface area contributed by atoms with Crippen LogP contribution in [0.3, 0.4) is 0 Å². The monoisotopic (exact) mass is 794 g/mol. The molecule has 59 heavy (non-hydrogen) atoms. The first-order valence-corrected chi connectivity index (χ1v) is 19.8. The third-order valence-corrected chi connectivity index (χ3v) is 11.3. The Hall–Kier alpha value is -5.88. The zero-order chi connectivity index (χ0) is 42.1. The lowest BCUT2D eigenvalue weighted by molar-refractivity contribution is -0.138. The summed E-state index contributed by atoms with van der Waals surface area (Å²) in [5.74, 6) is 0. The Labute approximate surface area is 340 Å². The topological polar surface area (TPSA) is 0 Å². The zero-order valence-corrected chi connectivity index (χ0v) is 33.8. The zero-order valence-electron chi connectivity index (χ0n) is 33.8. The smallest absolute Gasteiger partial charge is 0.166 e. The van der Waals surface area contributed by atoms with Gasteiger partial charge in [0.2, 0.25) is 0 Å². The lowest BCUT2D eigenvalue weighted by Crippen LogP contribution is -2.30. The summed E-state index contributed by atoms with van der Waals surface area (Å²) in [5.41, 5.74) is 8.35. The molecule has 6 heteroatoms. The van der Waals surface area contributed by atoms with Crippen LogP contribution < -0.4 is 10.4 Å². The second kappa shape index (κ2) is 14.4. The van der Waals surface area contributed by atoms with Crippen LogP contribution in [0.25, 0.3) is 39.5 Å². The van der Waals surface area contributed by atoms with Crippen molar-refractivity contribution in [3.63, 3.8) is 0 Å². The van der Waals surface area contributed by atoms with E-state index < -0.39 is 28.9 Å². The van der Waals surface area contributed by atoms with Crippen LogP contribution in [0.15, 0.2) is 140 Å². The molecule has 0 nitrogen and oxygen atoms in total. The normalized spacial score (nSPS) is 13.9. The van der Waals surface area contributed by atoms with Crippen LogP contribution in [0.1, 0.15) is 92.5 Å². The van der Waals surface area contributed by atoms with E-state index in [2.05, 4.69) is 102 Å². The fraction of sp³-hybridized carbons (Fsp3) is 0.208.